The molecule has 3 aromatic heterocycles. The number of carbonyl (C=O) groups excluding carboxylic acids is 1. The summed E-state index contributed by atoms with van der Waals surface area (Å²) in [5.74, 6) is 0.368. The number of benzene rings is 3. The summed E-state index contributed by atoms with van der Waals surface area (Å²) in [5.41, 5.74) is 6.10. The summed E-state index contributed by atoms with van der Waals surface area (Å²) in [7, 11) is 0. The molecule has 0 aliphatic carbocycles. The minimum Gasteiger partial charge on any atom is -0.459 e. The first kappa shape index (κ1) is 22.4. The van der Waals surface area contributed by atoms with Crippen LogP contribution >= 0.6 is 22.6 Å². The zero-order valence-electron chi connectivity index (χ0n) is 19.2. The standard InChI is InChI=1S/C27H19IN6O2/c1-17(35)36-16-22-23(28)24(32-34(22)19-12-6-3-7-13-19)25-27-31-30-26(18-10-4-2-5-11-18)33(27)21-15-9-8-14-20(21)29-25/h2-15H,16H2,1H3. The maximum Gasteiger partial charge on any atom is 0.303 e. The van der Waals surface area contributed by atoms with Gasteiger partial charge in [-0.2, -0.15) is 5.10 Å². The van der Waals surface area contributed by atoms with Crippen molar-refractivity contribution < 1.29 is 9.53 Å². The molecule has 0 bridgehead atoms. The number of carbonyl (C=O) groups is 1. The van der Waals surface area contributed by atoms with Crippen LogP contribution in [0.2, 0.25) is 0 Å². The van der Waals surface area contributed by atoms with Gasteiger partial charge < -0.3 is 4.74 Å². The van der Waals surface area contributed by atoms with E-state index in [1.807, 2.05) is 89.3 Å². The summed E-state index contributed by atoms with van der Waals surface area (Å²) in [6.45, 7) is 1.48. The third-order valence-corrected chi connectivity index (χ3v) is 6.95. The quantitative estimate of drug-likeness (QED) is 0.197. The van der Waals surface area contributed by atoms with E-state index in [1.54, 1.807) is 4.68 Å². The van der Waals surface area contributed by atoms with Crippen LogP contribution in [-0.2, 0) is 16.1 Å². The Morgan fingerprint density at radius 1 is 0.889 bits per heavy atom. The molecular formula is C27H19IN6O2. The molecule has 36 heavy (non-hydrogen) atoms. The van der Waals surface area contributed by atoms with Gasteiger partial charge in [-0.05, 0) is 46.9 Å². The molecule has 6 rings (SSSR count). The van der Waals surface area contributed by atoms with Gasteiger partial charge in [-0.25, -0.2) is 9.67 Å². The predicted molar refractivity (Wildman–Crippen MR) is 144 cm³/mol. The molecule has 6 aromatic rings. The van der Waals surface area contributed by atoms with Gasteiger partial charge in [0, 0.05) is 12.5 Å². The van der Waals surface area contributed by atoms with Crippen molar-refractivity contribution >= 4 is 45.2 Å². The lowest BCUT2D eigenvalue weighted by Gasteiger charge is -2.08. The Bertz CT molecular complexity index is 1730. The fraction of sp³-hybridized carbons (Fsp3) is 0.0741. The molecule has 0 aliphatic heterocycles. The van der Waals surface area contributed by atoms with E-state index in [9.17, 15) is 4.79 Å². The zero-order chi connectivity index (χ0) is 24.6. The Balaban J connectivity index is 1.64. The monoisotopic (exact) mass is 586 g/mol. The SMILES string of the molecule is CC(=O)OCc1c(I)c(-c2nc3ccccc3n3c(-c4ccccc4)nnc23)nn1-c1ccccc1. The van der Waals surface area contributed by atoms with Crippen molar-refractivity contribution in [2.45, 2.75) is 13.5 Å². The number of ether oxygens (including phenoxy) is 1. The number of esters is 1. The molecule has 0 unspecified atom stereocenters. The second-order valence-electron chi connectivity index (χ2n) is 8.13. The van der Waals surface area contributed by atoms with Gasteiger partial charge in [-0.1, -0.05) is 60.7 Å². The largest absolute Gasteiger partial charge is 0.459 e. The topological polar surface area (TPSA) is 87.2 Å². The van der Waals surface area contributed by atoms with Crippen molar-refractivity contribution in [2.75, 3.05) is 0 Å². The summed E-state index contributed by atoms with van der Waals surface area (Å²) in [4.78, 5) is 16.6. The van der Waals surface area contributed by atoms with Gasteiger partial charge in [0.25, 0.3) is 0 Å². The van der Waals surface area contributed by atoms with Gasteiger partial charge in [0.1, 0.15) is 18.0 Å². The Hall–Kier alpha value is -4.12. The van der Waals surface area contributed by atoms with E-state index in [-0.39, 0.29) is 12.6 Å². The van der Waals surface area contributed by atoms with Gasteiger partial charge in [0.15, 0.2) is 11.5 Å². The van der Waals surface area contributed by atoms with Gasteiger partial charge in [0.2, 0.25) is 0 Å². The number of para-hydroxylation sites is 3. The Morgan fingerprint density at radius 2 is 1.58 bits per heavy atom. The number of nitrogens with zero attached hydrogens (tertiary/aromatic N) is 6. The van der Waals surface area contributed by atoms with E-state index in [1.165, 1.54) is 6.92 Å². The molecular weight excluding hydrogens is 567 g/mol. The molecule has 0 amide bonds. The molecule has 0 spiro atoms. The van der Waals surface area contributed by atoms with Gasteiger partial charge in [-0.15, -0.1) is 10.2 Å². The summed E-state index contributed by atoms with van der Waals surface area (Å²) in [6, 6.07) is 27.6. The molecule has 176 valence electrons. The highest BCUT2D eigenvalue weighted by Crippen LogP contribution is 2.33. The molecule has 0 fully saturated rings. The highest BCUT2D eigenvalue weighted by atomic mass is 127. The maximum absolute atomic E-state index is 11.6. The van der Waals surface area contributed by atoms with E-state index < -0.39 is 0 Å². The highest BCUT2D eigenvalue weighted by molar-refractivity contribution is 14.1. The van der Waals surface area contributed by atoms with E-state index in [0.29, 0.717) is 17.0 Å². The van der Waals surface area contributed by atoms with Crippen LogP contribution in [0.25, 0.3) is 45.1 Å². The third kappa shape index (κ3) is 3.81. The lowest BCUT2D eigenvalue weighted by molar-refractivity contribution is -0.142. The molecule has 0 saturated carbocycles. The van der Waals surface area contributed by atoms with Crippen molar-refractivity contribution in [2.24, 2.45) is 0 Å². The second-order valence-corrected chi connectivity index (χ2v) is 9.21. The minimum absolute atomic E-state index is 0.0846. The molecule has 0 aliphatic rings. The summed E-state index contributed by atoms with van der Waals surface area (Å²) in [6.07, 6.45) is 0. The van der Waals surface area contributed by atoms with E-state index in [0.717, 1.165) is 37.4 Å². The normalized spacial score (nSPS) is 11.3. The fourth-order valence-corrected chi connectivity index (χ4v) is 4.93. The number of halogens is 1. The smallest absolute Gasteiger partial charge is 0.303 e. The maximum atomic E-state index is 11.6. The second kappa shape index (κ2) is 9.15. The third-order valence-electron chi connectivity index (χ3n) is 5.82. The molecule has 0 N–H and O–H groups in total. The highest BCUT2D eigenvalue weighted by Gasteiger charge is 2.25. The van der Waals surface area contributed by atoms with Crippen LogP contribution in [0.15, 0.2) is 84.9 Å². The number of hydrogen-bond donors (Lipinski definition) is 0. The van der Waals surface area contributed by atoms with E-state index >= 15 is 0 Å². The Morgan fingerprint density at radius 3 is 2.33 bits per heavy atom. The molecule has 0 atom stereocenters. The van der Waals surface area contributed by atoms with Crippen LogP contribution in [-0.4, -0.2) is 35.3 Å². The van der Waals surface area contributed by atoms with E-state index in [4.69, 9.17) is 14.8 Å². The lowest BCUT2D eigenvalue weighted by atomic mass is 10.2. The lowest BCUT2D eigenvalue weighted by Crippen LogP contribution is -2.07. The first-order chi connectivity index (χ1) is 17.6. The number of fused-ring (bicyclic) bond motifs is 3. The molecule has 0 saturated heterocycles. The van der Waals surface area contributed by atoms with Gasteiger partial charge >= 0.3 is 5.97 Å². The van der Waals surface area contributed by atoms with Crippen molar-refractivity contribution in [3.05, 3.63) is 94.2 Å². The fourth-order valence-electron chi connectivity index (χ4n) is 4.18. The summed E-state index contributed by atoms with van der Waals surface area (Å²) >= 11 is 2.24. The Kier molecular flexibility index (Phi) is 5.68. The molecule has 9 heteroatoms. The van der Waals surface area contributed by atoms with Crippen molar-refractivity contribution in [1.82, 2.24) is 29.4 Å². The predicted octanol–water partition coefficient (Wildman–Crippen LogP) is 5.46. The molecule has 8 nitrogen and oxygen atoms in total. The van der Waals surface area contributed by atoms with Crippen LogP contribution in [0.1, 0.15) is 12.6 Å². The first-order valence-corrected chi connectivity index (χ1v) is 12.4. The average Bonchev–Trinajstić information content (AvgIpc) is 3.50. The van der Waals surface area contributed by atoms with E-state index in [2.05, 4.69) is 32.8 Å². The summed E-state index contributed by atoms with van der Waals surface area (Å²) < 4.78 is 10.0. The average molecular weight is 586 g/mol. The minimum atomic E-state index is -0.357. The molecule has 3 heterocycles. The van der Waals surface area contributed by atoms with Crippen molar-refractivity contribution in [3.63, 3.8) is 0 Å². The molecule has 3 aromatic carbocycles. The zero-order valence-corrected chi connectivity index (χ0v) is 21.3. The van der Waals surface area contributed by atoms with Crippen molar-refractivity contribution in [1.29, 1.82) is 0 Å². The van der Waals surface area contributed by atoms with Crippen LogP contribution in [0.4, 0.5) is 0 Å². The van der Waals surface area contributed by atoms with Crippen LogP contribution in [0, 0.1) is 3.57 Å². The first-order valence-electron chi connectivity index (χ1n) is 11.3. The number of hydrogen-bond acceptors (Lipinski definition) is 6. The molecule has 0 radical (unpaired) electrons. The van der Waals surface area contributed by atoms with Gasteiger partial charge in [-0.3, -0.25) is 9.20 Å². The van der Waals surface area contributed by atoms with Crippen LogP contribution < -0.4 is 0 Å². The summed E-state index contributed by atoms with van der Waals surface area (Å²) in [5, 5.41) is 14.0. The number of rotatable bonds is 5. The Labute approximate surface area is 219 Å². The van der Waals surface area contributed by atoms with Crippen LogP contribution in [0.5, 0.6) is 0 Å². The van der Waals surface area contributed by atoms with Crippen LogP contribution in [0.3, 0.4) is 0 Å². The van der Waals surface area contributed by atoms with Crippen molar-refractivity contribution in [3.8, 4) is 28.5 Å². The van der Waals surface area contributed by atoms with Gasteiger partial charge in [0.05, 0.1) is 26.0 Å². The number of aromatic nitrogens is 6.